The quantitative estimate of drug-likeness (QED) is 0.775. The maximum atomic E-state index is 5.19. The van der Waals surface area contributed by atoms with Gasteiger partial charge in [-0.25, -0.2) is 4.98 Å². The summed E-state index contributed by atoms with van der Waals surface area (Å²) in [5, 5.41) is 3.20. The molecule has 2 rings (SSSR count). The van der Waals surface area contributed by atoms with Crippen LogP contribution in [0.15, 0.2) is 18.3 Å². The second-order valence-corrected chi connectivity index (χ2v) is 4.43. The summed E-state index contributed by atoms with van der Waals surface area (Å²) in [6.45, 7) is 2.54. The van der Waals surface area contributed by atoms with Crippen molar-refractivity contribution in [2.24, 2.45) is 0 Å². The van der Waals surface area contributed by atoms with Crippen molar-refractivity contribution in [1.82, 2.24) is 10.3 Å². The van der Waals surface area contributed by atoms with Gasteiger partial charge in [0, 0.05) is 38.0 Å². The first-order valence-corrected chi connectivity index (χ1v) is 6.21. The third-order valence-electron chi connectivity index (χ3n) is 3.03. The molecule has 0 radical (unpaired) electrons. The Balaban J connectivity index is 2.15. The van der Waals surface area contributed by atoms with Crippen molar-refractivity contribution in [2.45, 2.75) is 25.4 Å². The third kappa shape index (κ3) is 3.17. The van der Waals surface area contributed by atoms with Gasteiger partial charge in [0.25, 0.3) is 0 Å². The third-order valence-corrected chi connectivity index (χ3v) is 3.03. The number of methoxy groups -OCH3 is 1. The van der Waals surface area contributed by atoms with Gasteiger partial charge in [0.1, 0.15) is 5.82 Å². The molecule has 0 aromatic carbocycles. The number of pyridine rings is 1. The van der Waals surface area contributed by atoms with E-state index in [0.717, 1.165) is 25.5 Å². The Morgan fingerprint density at radius 1 is 1.53 bits per heavy atom. The Labute approximate surface area is 103 Å². The van der Waals surface area contributed by atoms with Crippen molar-refractivity contribution in [2.75, 3.05) is 32.2 Å². The number of hydrogen-bond acceptors (Lipinski definition) is 4. The first-order chi connectivity index (χ1) is 8.36. The van der Waals surface area contributed by atoms with Gasteiger partial charge in [-0.15, -0.1) is 0 Å². The Morgan fingerprint density at radius 3 is 3.00 bits per heavy atom. The number of nitrogens with zero attached hydrogens (tertiary/aromatic N) is 2. The average molecular weight is 235 g/mol. The lowest BCUT2D eigenvalue weighted by molar-refractivity contribution is 0.204. The fourth-order valence-electron chi connectivity index (χ4n) is 2.05. The lowest BCUT2D eigenvalue weighted by Crippen LogP contribution is -2.31. The number of anilines is 1. The molecule has 0 bridgehead atoms. The lowest BCUT2D eigenvalue weighted by Gasteiger charge is -2.25. The molecule has 0 atom stereocenters. The van der Waals surface area contributed by atoms with E-state index in [-0.39, 0.29) is 0 Å². The summed E-state index contributed by atoms with van der Waals surface area (Å²) < 4.78 is 5.19. The zero-order valence-electron chi connectivity index (χ0n) is 10.6. The summed E-state index contributed by atoms with van der Waals surface area (Å²) in [4.78, 5) is 6.93. The molecule has 4 heteroatoms. The molecule has 94 valence electrons. The molecule has 0 amide bonds. The molecule has 0 spiro atoms. The van der Waals surface area contributed by atoms with Crippen LogP contribution in [-0.2, 0) is 11.3 Å². The van der Waals surface area contributed by atoms with E-state index >= 15 is 0 Å². The number of ether oxygens (including phenoxy) is 1. The zero-order valence-corrected chi connectivity index (χ0v) is 10.6. The van der Waals surface area contributed by atoms with Crippen LogP contribution in [0.5, 0.6) is 0 Å². The summed E-state index contributed by atoms with van der Waals surface area (Å²) >= 11 is 0. The molecule has 4 nitrogen and oxygen atoms in total. The minimum Gasteiger partial charge on any atom is -0.383 e. The van der Waals surface area contributed by atoms with Crippen LogP contribution in [-0.4, -0.2) is 38.3 Å². The summed E-state index contributed by atoms with van der Waals surface area (Å²) in [6.07, 6.45) is 4.43. The van der Waals surface area contributed by atoms with E-state index in [1.807, 2.05) is 19.3 Å². The van der Waals surface area contributed by atoms with Crippen LogP contribution in [0.1, 0.15) is 18.4 Å². The normalized spacial score (nSPS) is 14.9. The number of hydrogen-bond donors (Lipinski definition) is 1. The van der Waals surface area contributed by atoms with Crippen LogP contribution in [0.25, 0.3) is 0 Å². The second-order valence-electron chi connectivity index (χ2n) is 4.43. The van der Waals surface area contributed by atoms with Crippen molar-refractivity contribution >= 4 is 5.82 Å². The van der Waals surface area contributed by atoms with Crippen LogP contribution in [0, 0.1) is 0 Å². The summed E-state index contributed by atoms with van der Waals surface area (Å²) in [7, 11) is 3.71. The summed E-state index contributed by atoms with van der Waals surface area (Å²) in [5.41, 5.74) is 1.26. The molecule has 1 N–H and O–H groups in total. The minimum atomic E-state index is 0.663. The summed E-state index contributed by atoms with van der Waals surface area (Å²) in [6, 6.07) is 4.80. The largest absolute Gasteiger partial charge is 0.383 e. The molecule has 1 fully saturated rings. The maximum Gasteiger partial charge on any atom is 0.133 e. The smallest absolute Gasteiger partial charge is 0.133 e. The van der Waals surface area contributed by atoms with E-state index in [0.29, 0.717) is 6.04 Å². The highest BCUT2D eigenvalue weighted by molar-refractivity contribution is 5.48. The van der Waals surface area contributed by atoms with Crippen LogP contribution >= 0.6 is 0 Å². The van der Waals surface area contributed by atoms with Crippen molar-refractivity contribution in [3.05, 3.63) is 23.9 Å². The highest BCUT2D eigenvalue weighted by Gasteiger charge is 2.30. The van der Waals surface area contributed by atoms with Gasteiger partial charge in [-0.3, -0.25) is 0 Å². The molecule has 1 saturated carbocycles. The number of aromatic nitrogens is 1. The maximum absolute atomic E-state index is 5.19. The highest BCUT2D eigenvalue weighted by atomic mass is 16.5. The molecule has 1 aliphatic carbocycles. The monoisotopic (exact) mass is 235 g/mol. The first kappa shape index (κ1) is 12.3. The minimum absolute atomic E-state index is 0.663. The predicted molar refractivity (Wildman–Crippen MR) is 69.2 cm³/mol. The number of rotatable bonds is 7. The van der Waals surface area contributed by atoms with Gasteiger partial charge in [-0.2, -0.15) is 0 Å². The topological polar surface area (TPSA) is 37.4 Å². The molecular weight excluding hydrogens is 214 g/mol. The van der Waals surface area contributed by atoms with Gasteiger partial charge in [-0.1, -0.05) is 6.07 Å². The fourth-order valence-corrected chi connectivity index (χ4v) is 2.05. The molecule has 1 aliphatic rings. The molecule has 1 heterocycles. The van der Waals surface area contributed by atoms with Crippen LogP contribution in [0.4, 0.5) is 5.82 Å². The van der Waals surface area contributed by atoms with Crippen LogP contribution < -0.4 is 10.2 Å². The highest BCUT2D eigenvalue weighted by Crippen LogP contribution is 2.31. The van der Waals surface area contributed by atoms with E-state index in [1.165, 1.54) is 18.4 Å². The standard InChI is InChI=1S/C13H21N3O/c1-14-10-11-4-3-7-15-13(11)16(8-9-17-2)12-5-6-12/h3-4,7,12,14H,5-6,8-10H2,1-2H3. The Bertz CT molecular complexity index is 352. The van der Waals surface area contributed by atoms with E-state index in [1.54, 1.807) is 7.11 Å². The van der Waals surface area contributed by atoms with Gasteiger partial charge in [-0.05, 0) is 26.0 Å². The zero-order chi connectivity index (χ0) is 12.1. The lowest BCUT2D eigenvalue weighted by atomic mass is 10.2. The molecule has 17 heavy (non-hydrogen) atoms. The molecule has 1 aromatic rings. The SMILES string of the molecule is CNCc1cccnc1N(CCOC)C1CC1. The van der Waals surface area contributed by atoms with Crippen molar-refractivity contribution < 1.29 is 4.74 Å². The van der Waals surface area contributed by atoms with Gasteiger partial charge in [0.15, 0.2) is 0 Å². The Hall–Kier alpha value is -1.13. The van der Waals surface area contributed by atoms with Gasteiger partial charge in [0.05, 0.1) is 6.61 Å². The van der Waals surface area contributed by atoms with Crippen molar-refractivity contribution in [3.8, 4) is 0 Å². The number of nitrogens with one attached hydrogen (secondary N) is 1. The summed E-state index contributed by atoms with van der Waals surface area (Å²) in [5.74, 6) is 1.11. The molecule has 0 aliphatic heterocycles. The first-order valence-electron chi connectivity index (χ1n) is 6.21. The molecule has 0 unspecified atom stereocenters. The van der Waals surface area contributed by atoms with Crippen LogP contribution in [0.3, 0.4) is 0 Å². The Morgan fingerprint density at radius 2 is 2.35 bits per heavy atom. The van der Waals surface area contributed by atoms with Crippen molar-refractivity contribution in [3.63, 3.8) is 0 Å². The van der Waals surface area contributed by atoms with E-state index in [9.17, 15) is 0 Å². The van der Waals surface area contributed by atoms with E-state index in [4.69, 9.17) is 4.74 Å². The van der Waals surface area contributed by atoms with Gasteiger partial charge in [0.2, 0.25) is 0 Å². The Kier molecular flexibility index (Phi) is 4.34. The molecule has 1 aromatic heterocycles. The van der Waals surface area contributed by atoms with Gasteiger partial charge >= 0.3 is 0 Å². The molecule has 0 saturated heterocycles. The van der Waals surface area contributed by atoms with Gasteiger partial charge < -0.3 is 15.0 Å². The van der Waals surface area contributed by atoms with E-state index < -0.39 is 0 Å². The van der Waals surface area contributed by atoms with Crippen LogP contribution in [0.2, 0.25) is 0 Å². The molecular formula is C13H21N3O. The predicted octanol–water partition coefficient (Wildman–Crippen LogP) is 1.42. The van der Waals surface area contributed by atoms with Crippen molar-refractivity contribution in [1.29, 1.82) is 0 Å². The average Bonchev–Trinajstić information content (AvgIpc) is 3.16. The van der Waals surface area contributed by atoms with E-state index in [2.05, 4.69) is 21.3 Å². The fraction of sp³-hybridized carbons (Fsp3) is 0.615. The second kappa shape index (κ2) is 5.98.